The van der Waals surface area contributed by atoms with Gasteiger partial charge in [0.15, 0.2) is 0 Å². The van der Waals surface area contributed by atoms with Crippen molar-refractivity contribution in [3.05, 3.63) is 36.4 Å². The number of hydrogen-bond donors (Lipinski definition) is 1. The number of rotatable bonds is 1. The summed E-state index contributed by atoms with van der Waals surface area (Å²) in [6.07, 6.45) is 3.16. The Bertz CT molecular complexity index is 433. The Labute approximate surface area is 68.1 Å². The van der Waals surface area contributed by atoms with Crippen LogP contribution in [0.1, 0.15) is 10.6 Å². The van der Waals surface area contributed by atoms with E-state index >= 15 is 0 Å². The van der Waals surface area contributed by atoms with E-state index in [1.807, 2.05) is 6.07 Å². The molecule has 0 unspecified atom stereocenters. The van der Waals surface area contributed by atoms with Gasteiger partial charge in [0.1, 0.15) is 0 Å². The molecule has 0 fully saturated rings. The van der Waals surface area contributed by atoms with Crippen LogP contribution >= 0.6 is 0 Å². The van der Waals surface area contributed by atoms with Crippen LogP contribution in [0.3, 0.4) is 0 Å². The highest BCUT2D eigenvalue weighted by molar-refractivity contribution is 5.84. The average molecular weight is 162 g/mol. The number of aromatic carboxylic acids is 1. The Morgan fingerprint density at radius 1 is 1.50 bits per heavy atom. The molecular weight excluding hydrogens is 156 g/mol. The SMILES string of the molecule is O=C(O)c1nccc2cccn12. The molecule has 0 aromatic carbocycles. The van der Waals surface area contributed by atoms with E-state index in [1.54, 1.807) is 18.3 Å². The van der Waals surface area contributed by atoms with E-state index in [1.165, 1.54) is 10.6 Å². The second-order valence-electron chi connectivity index (χ2n) is 2.38. The number of nitrogens with zero attached hydrogens (tertiary/aromatic N) is 2. The van der Waals surface area contributed by atoms with Gasteiger partial charge >= 0.3 is 5.97 Å². The summed E-state index contributed by atoms with van der Waals surface area (Å²) >= 11 is 0. The summed E-state index contributed by atoms with van der Waals surface area (Å²) in [6.45, 7) is 0. The van der Waals surface area contributed by atoms with E-state index in [9.17, 15) is 4.79 Å². The molecule has 12 heavy (non-hydrogen) atoms. The van der Waals surface area contributed by atoms with Gasteiger partial charge in [-0.05, 0) is 18.2 Å². The molecular formula is C8H6N2O2. The molecule has 2 rings (SSSR count). The molecule has 0 aliphatic heterocycles. The van der Waals surface area contributed by atoms with Crippen molar-refractivity contribution >= 4 is 11.5 Å². The number of carboxylic acids is 1. The Morgan fingerprint density at radius 2 is 2.33 bits per heavy atom. The van der Waals surface area contributed by atoms with Crippen LogP contribution in [0.15, 0.2) is 30.6 Å². The normalized spacial score (nSPS) is 10.3. The van der Waals surface area contributed by atoms with E-state index in [0.29, 0.717) is 0 Å². The second-order valence-corrected chi connectivity index (χ2v) is 2.38. The zero-order chi connectivity index (χ0) is 8.55. The number of carboxylic acid groups (broad SMARTS) is 1. The first kappa shape index (κ1) is 6.84. The first-order valence-electron chi connectivity index (χ1n) is 3.44. The van der Waals surface area contributed by atoms with Gasteiger partial charge in [-0.3, -0.25) is 4.40 Å². The number of hydrogen-bond acceptors (Lipinski definition) is 2. The summed E-state index contributed by atoms with van der Waals surface area (Å²) in [5.74, 6) is -0.977. The highest BCUT2D eigenvalue weighted by Gasteiger charge is 2.07. The molecule has 60 valence electrons. The zero-order valence-electron chi connectivity index (χ0n) is 6.14. The highest BCUT2D eigenvalue weighted by Crippen LogP contribution is 2.05. The predicted octanol–water partition coefficient (Wildman–Crippen LogP) is 1.03. The van der Waals surface area contributed by atoms with Crippen molar-refractivity contribution in [1.29, 1.82) is 0 Å². The molecule has 0 radical (unpaired) electrons. The molecule has 2 aromatic heterocycles. The van der Waals surface area contributed by atoms with Gasteiger partial charge in [-0.15, -0.1) is 0 Å². The minimum Gasteiger partial charge on any atom is -0.475 e. The number of carbonyl (C=O) groups is 1. The second kappa shape index (κ2) is 2.34. The maximum absolute atomic E-state index is 10.6. The van der Waals surface area contributed by atoms with Gasteiger partial charge in [0.05, 0.1) is 0 Å². The van der Waals surface area contributed by atoms with Gasteiger partial charge in [-0.2, -0.15) is 0 Å². The summed E-state index contributed by atoms with van der Waals surface area (Å²) in [5.41, 5.74) is 0.836. The maximum Gasteiger partial charge on any atom is 0.372 e. The highest BCUT2D eigenvalue weighted by atomic mass is 16.4. The van der Waals surface area contributed by atoms with Crippen LogP contribution in [0.5, 0.6) is 0 Å². The maximum atomic E-state index is 10.6. The van der Waals surface area contributed by atoms with Crippen molar-refractivity contribution in [3.63, 3.8) is 0 Å². The van der Waals surface area contributed by atoms with Gasteiger partial charge in [0, 0.05) is 17.9 Å². The lowest BCUT2D eigenvalue weighted by Gasteiger charge is -1.97. The van der Waals surface area contributed by atoms with E-state index in [-0.39, 0.29) is 5.82 Å². The van der Waals surface area contributed by atoms with E-state index in [4.69, 9.17) is 5.11 Å². The third kappa shape index (κ3) is 0.852. The lowest BCUT2D eigenvalue weighted by molar-refractivity contribution is 0.0681. The van der Waals surface area contributed by atoms with Crippen molar-refractivity contribution in [1.82, 2.24) is 9.38 Å². The first-order chi connectivity index (χ1) is 5.79. The fourth-order valence-electron chi connectivity index (χ4n) is 1.13. The smallest absolute Gasteiger partial charge is 0.372 e. The third-order valence-corrected chi connectivity index (χ3v) is 1.64. The summed E-state index contributed by atoms with van der Waals surface area (Å²) < 4.78 is 1.53. The van der Waals surface area contributed by atoms with Gasteiger partial charge in [0.25, 0.3) is 0 Å². The molecule has 2 heterocycles. The Kier molecular flexibility index (Phi) is 1.33. The minimum atomic E-state index is -1.02. The standard InChI is InChI=1S/C8H6N2O2/c11-8(12)7-9-4-3-6-2-1-5-10(6)7/h1-5H,(H,11,12). The van der Waals surface area contributed by atoms with Crippen molar-refractivity contribution in [2.45, 2.75) is 0 Å². The third-order valence-electron chi connectivity index (χ3n) is 1.64. The lowest BCUT2D eigenvalue weighted by atomic mass is 10.4. The Morgan fingerprint density at radius 3 is 3.08 bits per heavy atom. The van der Waals surface area contributed by atoms with Gasteiger partial charge < -0.3 is 5.11 Å². The average Bonchev–Trinajstić information content (AvgIpc) is 2.49. The van der Waals surface area contributed by atoms with Crippen LogP contribution in [0.4, 0.5) is 0 Å². The Balaban J connectivity index is 2.82. The number of aromatic nitrogens is 2. The van der Waals surface area contributed by atoms with Crippen LogP contribution in [0.2, 0.25) is 0 Å². The lowest BCUT2D eigenvalue weighted by Crippen LogP contribution is -2.06. The molecule has 2 aromatic rings. The summed E-state index contributed by atoms with van der Waals surface area (Å²) in [7, 11) is 0. The van der Waals surface area contributed by atoms with Crippen LogP contribution in [-0.4, -0.2) is 20.5 Å². The van der Waals surface area contributed by atoms with Crippen LogP contribution < -0.4 is 0 Å². The monoisotopic (exact) mass is 162 g/mol. The summed E-state index contributed by atoms with van der Waals surface area (Å²) in [6, 6.07) is 5.37. The molecule has 1 N–H and O–H groups in total. The summed E-state index contributed by atoms with van der Waals surface area (Å²) in [5, 5.41) is 8.72. The molecule has 0 aliphatic carbocycles. The largest absolute Gasteiger partial charge is 0.475 e. The molecule has 0 amide bonds. The van der Waals surface area contributed by atoms with Crippen molar-refractivity contribution in [3.8, 4) is 0 Å². The molecule has 4 heteroatoms. The number of fused-ring (bicyclic) bond motifs is 1. The van der Waals surface area contributed by atoms with Crippen LogP contribution in [-0.2, 0) is 0 Å². The molecule has 0 saturated heterocycles. The summed E-state index contributed by atoms with van der Waals surface area (Å²) in [4.78, 5) is 14.4. The molecule has 0 saturated carbocycles. The molecule has 4 nitrogen and oxygen atoms in total. The van der Waals surface area contributed by atoms with Crippen molar-refractivity contribution in [2.75, 3.05) is 0 Å². The minimum absolute atomic E-state index is 0.0394. The van der Waals surface area contributed by atoms with Crippen molar-refractivity contribution in [2.24, 2.45) is 0 Å². The van der Waals surface area contributed by atoms with Gasteiger partial charge in [0.2, 0.25) is 5.82 Å². The fourth-order valence-corrected chi connectivity index (χ4v) is 1.13. The first-order valence-corrected chi connectivity index (χ1v) is 3.44. The molecule has 0 atom stereocenters. The van der Waals surface area contributed by atoms with E-state index in [0.717, 1.165) is 5.52 Å². The van der Waals surface area contributed by atoms with Crippen molar-refractivity contribution < 1.29 is 9.90 Å². The molecule has 0 spiro atoms. The zero-order valence-corrected chi connectivity index (χ0v) is 6.14. The molecule has 0 aliphatic rings. The predicted molar refractivity (Wildman–Crippen MR) is 42.2 cm³/mol. The van der Waals surface area contributed by atoms with Crippen LogP contribution in [0, 0.1) is 0 Å². The van der Waals surface area contributed by atoms with E-state index < -0.39 is 5.97 Å². The molecule has 0 bridgehead atoms. The van der Waals surface area contributed by atoms with Crippen LogP contribution in [0.25, 0.3) is 5.52 Å². The van der Waals surface area contributed by atoms with Gasteiger partial charge in [-0.25, -0.2) is 9.78 Å². The Hall–Kier alpha value is -1.84. The topological polar surface area (TPSA) is 54.6 Å². The van der Waals surface area contributed by atoms with E-state index in [2.05, 4.69) is 4.98 Å². The fraction of sp³-hybridized carbons (Fsp3) is 0. The van der Waals surface area contributed by atoms with Gasteiger partial charge in [-0.1, -0.05) is 0 Å². The quantitative estimate of drug-likeness (QED) is 0.681.